The molecule has 0 unspecified atom stereocenters. The Morgan fingerprint density at radius 2 is 2.67 bits per heavy atom. The van der Waals surface area contributed by atoms with Crippen molar-refractivity contribution in [2.45, 2.75) is 13.3 Å². The van der Waals surface area contributed by atoms with Crippen LogP contribution in [0.1, 0.15) is 11.7 Å². The van der Waals surface area contributed by atoms with Gasteiger partial charge >= 0.3 is 0 Å². The Hall–Kier alpha value is -1.12. The van der Waals surface area contributed by atoms with Crippen LogP contribution in [0.15, 0.2) is 10.6 Å². The molecule has 0 aliphatic heterocycles. The number of aromatic nitrogens is 1. The molecule has 0 amide bonds. The summed E-state index contributed by atoms with van der Waals surface area (Å²) in [5, 5.41) is 0. The lowest BCUT2D eigenvalue weighted by atomic mass is 10.5. The largest absolute Gasteiger partial charge is 0.446 e. The number of aldehydes is 1. The van der Waals surface area contributed by atoms with Gasteiger partial charge in [-0.25, -0.2) is 4.98 Å². The van der Waals surface area contributed by atoms with Gasteiger partial charge in [-0.15, -0.1) is 0 Å². The van der Waals surface area contributed by atoms with E-state index in [0.717, 1.165) is 12.0 Å². The number of aryl methyl sites for hydroxylation is 1. The van der Waals surface area contributed by atoms with E-state index in [-0.39, 0.29) is 6.42 Å². The number of carbonyl (C=O) groups is 1. The minimum Gasteiger partial charge on any atom is -0.446 e. The summed E-state index contributed by atoms with van der Waals surface area (Å²) in [6.45, 7) is 1.79. The quantitative estimate of drug-likeness (QED) is 0.547. The van der Waals surface area contributed by atoms with Crippen LogP contribution in [0.25, 0.3) is 0 Å². The van der Waals surface area contributed by atoms with Gasteiger partial charge in [0, 0.05) is 0 Å². The van der Waals surface area contributed by atoms with Gasteiger partial charge in [0.05, 0.1) is 12.6 Å². The normalized spacial score (nSPS) is 9.44. The monoisotopic (exact) mass is 125 g/mol. The van der Waals surface area contributed by atoms with Crippen LogP contribution in [0.4, 0.5) is 0 Å². The van der Waals surface area contributed by atoms with Crippen LogP contribution in [0, 0.1) is 6.92 Å². The highest BCUT2D eigenvalue weighted by Gasteiger charge is 1.96. The number of rotatable bonds is 2. The van der Waals surface area contributed by atoms with Crippen LogP contribution < -0.4 is 0 Å². The van der Waals surface area contributed by atoms with Gasteiger partial charge in [-0.3, -0.25) is 0 Å². The van der Waals surface area contributed by atoms with Crippen molar-refractivity contribution in [1.82, 2.24) is 4.98 Å². The van der Waals surface area contributed by atoms with Crippen LogP contribution in [-0.4, -0.2) is 11.3 Å². The predicted octanol–water partition coefficient (Wildman–Crippen LogP) is 0.724. The molecule has 0 aliphatic carbocycles. The number of hydrogen-bond donors (Lipinski definition) is 0. The molecule has 0 spiro atoms. The van der Waals surface area contributed by atoms with Gasteiger partial charge in [0.2, 0.25) is 5.89 Å². The van der Waals surface area contributed by atoms with E-state index < -0.39 is 0 Å². The summed E-state index contributed by atoms with van der Waals surface area (Å²) in [5.41, 5.74) is 0. The Kier molecular flexibility index (Phi) is 1.63. The molecule has 3 nitrogen and oxygen atoms in total. The summed E-state index contributed by atoms with van der Waals surface area (Å²) in [6, 6.07) is 0. The van der Waals surface area contributed by atoms with Crippen molar-refractivity contribution < 1.29 is 9.21 Å². The first kappa shape index (κ1) is 6.01. The average molecular weight is 125 g/mol. The summed E-state index contributed by atoms with van der Waals surface area (Å²) in [6.07, 6.45) is 2.64. The van der Waals surface area contributed by atoms with Crippen molar-refractivity contribution in [3.8, 4) is 0 Å². The Morgan fingerprint density at radius 1 is 1.89 bits per heavy atom. The van der Waals surface area contributed by atoms with Crippen LogP contribution >= 0.6 is 0 Å². The fourth-order valence-electron chi connectivity index (χ4n) is 0.567. The summed E-state index contributed by atoms with van der Waals surface area (Å²) < 4.78 is 4.98. The van der Waals surface area contributed by atoms with Crippen LogP contribution in [0.2, 0.25) is 0 Å². The number of nitrogens with zero attached hydrogens (tertiary/aromatic N) is 1. The fourth-order valence-corrected chi connectivity index (χ4v) is 0.567. The highest BCUT2D eigenvalue weighted by Crippen LogP contribution is 1.99. The first-order chi connectivity index (χ1) is 4.33. The maximum atomic E-state index is 9.88. The van der Waals surface area contributed by atoms with Crippen LogP contribution in [-0.2, 0) is 11.2 Å². The maximum absolute atomic E-state index is 9.88. The molecule has 1 rings (SSSR count). The fraction of sp³-hybridized carbons (Fsp3) is 0.333. The second-order valence-electron chi connectivity index (χ2n) is 1.74. The number of oxazole rings is 1. The van der Waals surface area contributed by atoms with E-state index >= 15 is 0 Å². The Bertz CT molecular complexity index is 205. The van der Waals surface area contributed by atoms with Gasteiger partial charge in [-0.05, 0) is 6.92 Å². The van der Waals surface area contributed by atoms with E-state index in [4.69, 9.17) is 4.42 Å². The van der Waals surface area contributed by atoms with Crippen molar-refractivity contribution in [3.05, 3.63) is 17.8 Å². The Morgan fingerprint density at radius 3 is 3.11 bits per heavy atom. The van der Waals surface area contributed by atoms with Gasteiger partial charge in [-0.1, -0.05) is 0 Å². The maximum Gasteiger partial charge on any atom is 0.201 e. The van der Waals surface area contributed by atoms with E-state index in [9.17, 15) is 4.79 Å². The molecule has 0 bridgehead atoms. The smallest absolute Gasteiger partial charge is 0.201 e. The molecule has 0 N–H and O–H groups in total. The molecule has 0 radical (unpaired) electrons. The van der Waals surface area contributed by atoms with Crippen molar-refractivity contribution >= 4 is 6.29 Å². The molecule has 1 aromatic heterocycles. The van der Waals surface area contributed by atoms with E-state index in [2.05, 4.69) is 4.98 Å². The molecule has 3 heteroatoms. The topological polar surface area (TPSA) is 43.1 Å². The minimum atomic E-state index is 0.272. The van der Waals surface area contributed by atoms with Gasteiger partial charge < -0.3 is 9.21 Å². The summed E-state index contributed by atoms with van der Waals surface area (Å²) in [5.74, 6) is 1.23. The molecule has 9 heavy (non-hydrogen) atoms. The second kappa shape index (κ2) is 2.44. The van der Waals surface area contributed by atoms with Crippen LogP contribution in [0.3, 0.4) is 0 Å². The zero-order chi connectivity index (χ0) is 6.69. The second-order valence-corrected chi connectivity index (χ2v) is 1.74. The van der Waals surface area contributed by atoms with E-state index in [0.29, 0.717) is 5.89 Å². The minimum absolute atomic E-state index is 0.272. The summed E-state index contributed by atoms with van der Waals surface area (Å²) in [4.78, 5) is 13.7. The lowest BCUT2D eigenvalue weighted by Gasteiger charge is -1.80. The standard InChI is InChI=1S/C6H7NO2/c1-5-4-7-6(9-5)2-3-8/h3-4H,2H2,1H3. The van der Waals surface area contributed by atoms with Gasteiger partial charge in [0.15, 0.2) is 0 Å². The number of carbonyl (C=O) groups excluding carboxylic acids is 1. The molecule has 0 saturated heterocycles. The average Bonchev–Trinajstić information content (AvgIpc) is 2.17. The zero-order valence-corrected chi connectivity index (χ0v) is 5.13. The van der Waals surface area contributed by atoms with Crippen molar-refractivity contribution in [2.75, 3.05) is 0 Å². The van der Waals surface area contributed by atoms with Gasteiger partial charge in [-0.2, -0.15) is 0 Å². The zero-order valence-electron chi connectivity index (χ0n) is 5.13. The summed E-state index contributed by atoms with van der Waals surface area (Å²) in [7, 11) is 0. The molecule has 0 atom stereocenters. The molecule has 1 heterocycles. The van der Waals surface area contributed by atoms with Crippen LogP contribution in [0.5, 0.6) is 0 Å². The first-order valence-corrected chi connectivity index (χ1v) is 2.68. The number of hydrogen-bond acceptors (Lipinski definition) is 3. The first-order valence-electron chi connectivity index (χ1n) is 2.68. The highest BCUT2D eigenvalue weighted by molar-refractivity contribution is 5.52. The molecule has 0 aromatic carbocycles. The van der Waals surface area contributed by atoms with E-state index in [1.54, 1.807) is 13.1 Å². The lowest BCUT2D eigenvalue weighted by Crippen LogP contribution is -1.82. The molecule has 0 saturated carbocycles. The van der Waals surface area contributed by atoms with Crippen molar-refractivity contribution in [2.24, 2.45) is 0 Å². The van der Waals surface area contributed by atoms with E-state index in [1.165, 1.54) is 0 Å². The lowest BCUT2D eigenvalue weighted by molar-refractivity contribution is -0.107. The van der Waals surface area contributed by atoms with Crippen molar-refractivity contribution in [3.63, 3.8) is 0 Å². The molecule has 0 fully saturated rings. The molecule has 1 aromatic rings. The summed E-state index contributed by atoms with van der Waals surface area (Å²) >= 11 is 0. The highest BCUT2D eigenvalue weighted by atomic mass is 16.4. The molecular weight excluding hydrogens is 118 g/mol. The third-order valence-electron chi connectivity index (χ3n) is 0.927. The van der Waals surface area contributed by atoms with E-state index in [1.807, 2.05) is 0 Å². The SMILES string of the molecule is Cc1cnc(CC=O)o1. The third-order valence-corrected chi connectivity index (χ3v) is 0.927. The third kappa shape index (κ3) is 1.38. The Balaban J connectivity index is 2.72. The van der Waals surface area contributed by atoms with Gasteiger partial charge in [0.25, 0.3) is 0 Å². The van der Waals surface area contributed by atoms with Crippen molar-refractivity contribution in [1.29, 1.82) is 0 Å². The van der Waals surface area contributed by atoms with Gasteiger partial charge in [0.1, 0.15) is 12.0 Å². The molecular formula is C6H7NO2. The molecule has 0 aliphatic rings. The Labute approximate surface area is 52.7 Å². The molecule has 48 valence electrons. The predicted molar refractivity (Wildman–Crippen MR) is 31.0 cm³/mol.